The Bertz CT molecular complexity index is 660. The van der Waals surface area contributed by atoms with Gasteiger partial charge in [0.1, 0.15) is 5.82 Å². The molecule has 140 valence electrons. The van der Waals surface area contributed by atoms with Gasteiger partial charge in [-0.15, -0.1) is 0 Å². The standard InChI is InChI=1S/C16H24FN3O4S/c1-13(20-8-10-24-11-9-20)12-18-16(21)6-7-19-25(22,23)15-4-2-14(17)3-5-15/h2-5,13,19H,6-12H2,1H3,(H,18,21). The van der Waals surface area contributed by atoms with Gasteiger partial charge in [0.2, 0.25) is 15.9 Å². The smallest absolute Gasteiger partial charge is 0.240 e. The fourth-order valence-corrected chi connectivity index (χ4v) is 3.53. The van der Waals surface area contributed by atoms with Crippen LogP contribution in [0.2, 0.25) is 0 Å². The molecule has 0 aliphatic carbocycles. The summed E-state index contributed by atoms with van der Waals surface area (Å²) in [6.07, 6.45) is 0.0380. The van der Waals surface area contributed by atoms with Crippen LogP contribution in [0.5, 0.6) is 0 Å². The molecule has 1 atom stereocenters. The minimum absolute atomic E-state index is 0.0164. The number of morpholine rings is 1. The Labute approximate surface area is 147 Å². The highest BCUT2D eigenvalue weighted by Gasteiger charge is 2.18. The molecule has 2 N–H and O–H groups in total. The molecule has 1 aliphatic rings. The molecule has 1 unspecified atom stereocenters. The van der Waals surface area contributed by atoms with Crippen LogP contribution < -0.4 is 10.0 Å². The third-order valence-corrected chi connectivity index (χ3v) is 5.51. The summed E-state index contributed by atoms with van der Waals surface area (Å²) in [7, 11) is -3.74. The first kappa shape index (κ1) is 19.8. The number of carbonyl (C=O) groups excluding carboxylic acids is 1. The van der Waals surface area contributed by atoms with E-state index >= 15 is 0 Å². The number of hydrogen-bond donors (Lipinski definition) is 2. The van der Waals surface area contributed by atoms with Gasteiger partial charge < -0.3 is 10.1 Å². The first-order chi connectivity index (χ1) is 11.9. The SMILES string of the molecule is CC(CNC(=O)CCNS(=O)(=O)c1ccc(F)cc1)N1CCOCC1. The molecule has 1 saturated heterocycles. The van der Waals surface area contributed by atoms with Crippen molar-refractivity contribution in [2.24, 2.45) is 0 Å². The van der Waals surface area contributed by atoms with Gasteiger partial charge in [-0.05, 0) is 31.2 Å². The summed E-state index contributed by atoms with van der Waals surface area (Å²) < 4.78 is 44.5. The number of benzene rings is 1. The van der Waals surface area contributed by atoms with Gasteiger partial charge in [0.15, 0.2) is 0 Å². The number of ether oxygens (including phenoxy) is 1. The number of carbonyl (C=O) groups is 1. The first-order valence-electron chi connectivity index (χ1n) is 8.22. The molecule has 1 fully saturated rings. The number of sulfonamides is 1. The topological polar surface area (TPSA) is 87.7 Å². The van der Waals surface area contributed by atoms with E-state index in [-0.39, 0.29) is 29.8 Å². The number of rotatable bonds is 8. The van der Waals surface area contributed by atoms with Gasteiger partial charge >= 0.3 is 0 Å². The number of halogens is 1. The van der Waals surface area contributed by atoms with E-state index in [1.54, 1.807) is 0 Å². The summed E-state index contributed by atoms with van der Waals surface area (Å²) in [4.78, 5) is 14.1. The van der Waals surface area contributed by atoms with E-state index in [1.807, 2.05) is 6.92 Å². The highest BCUT2D eigenvalue weighted by Crippen LogP contribution is 2.09. The fraction of sp³-hybridized carbons (Fsp3) is 0.562. The van der Waals surface area contributed by atoms with Gasteiger partial charge in [-0.25, -0.2) is 17.5 Å². The number of nitrogens with zero attached hydrogens (tertiary/aromatic N) is 1. The van der Waals surface area contributed by atoms with E-state index in [4.69, 9.17) is 4.74 Å². The second kappa shape index (κ2) is 9.23. The van der Waals surface area contributed by atoms with Crippen molar-refractivity contribution in [2.75, 3.05) is 39.4 Å². The van der Waals surface area contributed by atoms with Gasteiger partial charge in [0.25, 0.3) is 0 Å². The van der Waals surface area contributed by atoms with Gasteiger partial charge in [-0.3, -0.25) is 9.69 Å². The van der Waals surface area contributed by atoms with Crippen LogP contribution in [0.1, 0.15) is 13.3 Å². The second-order valence-corrected chi connectivity index (χ2v) is 7.67. The van der Waals surface area contributed by atoms with E-state index in [0.29, 0.717) is 19.8 Å². The molecule has 0 radical (unpaired) electrons. The highest BCUT2D eigenvalue weighted by atomic mass is 32.2. The molecule has 0 spiro atoms. The Morgan fingerprint density at radius 2 is 1.92 bits per heavy atom. The lowest BCUT2D eigenvalue weighted by atomic mass is 10.2. The Balaban J connectivity index is 1.70. The average molecular weight is 373 g/mol. The number of nitrogens with one attached hydrogen (secondary N) is 2. The summed E-state index contributed by atoms with van der Waals surface area (Å²) in [6.45, 7) is 5.60. The second-order valence-electron chi connectivity index (χ2n) is 5.90. The van der Waals surface area contributed by atoms with Crippen LogP contribution in [0, 0.1) is 5.82 Å². The monoisotopic (exact) mass is 373 g/mol. The van der Waals surface area contributed by atoms with E-state index in [0.717, 1.165) is 25.2 Å². The molecule has 0 bridgehead atoms. The Kier molecular flexibility index (Phi) is 7.30. The van der Waals surface area contributed by atoms with Crippen LogP contribution in [0.4, 0.5) is 4.39 Å². The van der Waals surface area contributed by atoms with E-state index < -0.39 is 15.8 Å². The maximum absolute atomic E-state index is 12.8. The van der Waals surface area contributed by atoms with Crippen LogP contribution in [0.3, 0.4) is 0 Å². The predicted octanol–water partition coefficient (Wildman–Crippen LogP) is 0.331. The lowest BCUT2D eigenvalue weighted by molar-refractivity contribution is -0.121. The minimum atomic E-state index is -3.74. The van der Waals surface area contributed by atoms with Crippen molar-refractivity contribution >= 4 is 15.9 Å². The van der Waals surface area contributed by atoms with E-state index in [1.165, 1.54) is 12.1 Å². The minimum Gasteiger partial charge on any atom is -0.379 e. The number of hydrogen-bond acceptors (Lipinski definition) is 5. The van der Waals surface area contributed by atoms with Crippen molar-refractivity contribution in [2.45, 2.75) is 24.3 Å². The van der Waals surface area contributed by atoms with E-state index in [2.05, 4.69) is 14.9 Å². The highest BCUT2D eigenvalue weighted by molar-refractivity contribution is 7.89. The Morgan fingerprint density at radius 3 is 2.56 bits per heavy atom. The lowest BCUT2D eigenvalue weighted by Gasteiger charge is -2.32. The van der Waals surface area contributed by atoms with Gasteiger partial charge in [-0.1, -0.05) is 0 Å². The van der Waals surface area contributed by atoms with Crippen LogP contribution in [-0.4, -0.2) is 64.7 Å². The summed E-state index contributed by atoms with van der Waals surface area (Å²) in [5.41, 5.74) is 0. The molecule has 1 aromatic carbocycles. The van der Waals surface area contributed by atoms with E-state index in [9.17, 15) is 17.6 Å². The molecule has 2 rings (SSSR count). The molecule has 9 heteroatoms. The zero-order valence-corrected chi connectivity index (χ0v) is 15.0. The third kappa shape index (κ3) is 6.35. The molecule has 7 nitrogen and oxygen atoms in total. The van der Waals surface area contributed by atoms with Gasteiger partial charge in [0.05, 0.1) is 18.1 Å². The fourth-order valence-electron chi connectivity index (χ4n) is 2.49. The van der Waals surface area contributed by atoms with Crippen molar-refractivity contribution in [3.05, 3.63) is 30.1 Å². The third-order valence-electron chi connectivity index (χ3n) is 4.03. The van der Waals surface area contributed by atoms with Gasteiger partial charge in [-0.2, -0.15) is 0 Å². The summed E-state index contributed by atoms with van der Waals surface area (Å²) >= 11 is 0. The number of amides is 1. The van der Waals surface area contributed by atoms with Crippen LogP contribution >= 0.6 is 0 Å². The molecule has 0 aromatic heterocycles. The zero-order chi connectivity index (χ0) is 18.3. The molecule has 1 amide bonds. The predicted molar refractivity (Wildman–Crippen MR) is 91.1 cm³/mol. The molecule has 1 aliphatic heterocycles. The Hall–Kier alpha value is -1.55. The van der Waals surface area contributed by atoms with Crippen molar-refractivity contribution in [3.63, 3.8) is 0 Å². The van der Waals surface area contributed by atoms with Crippen molar-refractivity contribution in [3.8, 4) is 0 Å². The molecule has 1 aromatic rings. The zero-order valence-electron chi connectivity index (χ0n) is 14.2. The largest absolute Gasteiger partial charge is 0.379 e. The van der Waals surface area contributed by atoms with Crippen LogP contribution in [0.25, 0.3) is 0 Å². The quantitative estimate of drug-likeness (QED) is 0.686. The lowest BCUT2D eigenvalue weighted by Crippen LogP contribution is -2.47. The first-order valence-corrected chi connectivity index (χ1v) is 9.70. The summed E-state index contributed by atoms with van der Waals surface area (Å²) in [5.74, 6) is -0.727. The van der Waals surface area contributed by atoms with Crippen LogP contribution in [-0.2, 0) is 19.6 Å². The summed E-state index contributed by atoms with van der Waals surface area (Å²) in [6, 6.07) is 4.72. The Morgan fingerprint density at radius 1 is 1.28 bits per heavy atom. The van der Waals surface area contributed by atoms with Crippen molar-refractivity contribution in [1.82, 2.24) is 14.9 Å². The molecule has 0 saturated carbocycles. The molecule has 1 heterocycles. The van der Waals surface area contributed by atoms with Crippen LogP contribution in [0.15, 0.2) is 29.2 Å². The van der Waals surface area contributed by atoms with Gasteiger partial charge in [0, 0.05) is 38.6 Å². The average Bonchev–Trinajstić information content (AvgIpc) is 2.60. The summed E-state index contributed by atoms with van der Waals surface area (Å²) in [5, 5.41) is 2.81. The molecular formula is C16H24FN3O4S. The van der Waals surface area contributed by atoms with Crippen molar-refractivity contribution < 1.29 is 22.3 Å². The maximum Gasteiger partial charge on any atom is 0.240 e. The maximum atomic E-state index is 12.8. The molecule has 25 heavy (non-hydrogen) atoms. The van der Waals surface area contributed by atoms with Crippen molar-refractivity contribution in [1.29, 1.82) is 0 Å². The molecular weight excluding hydrogens is 349 g/mol. The normalized spacial score (nSPS) is 17.2.